The number of alkyl halides is 3. The molecule has 0 aliphatic heterocycles. The first kappa shape index (κ1) is 14.4. The van der Waals surface area contributed by atoms with E-state index < -0.39 is 11.2 Å². The molecule has 1 aromatic rings. The van der Waals surface area contributed by atoms with Crippen LogP contribution in [0.2, 0.25) is 0 Å². The number of nitrogens with zero attached hydrogens (tertiary/aromatic N) is 1. The van der Waals surface area contributed by atoms with Crippen LogP contribution in [0.1, 0.15) is 55.0 Å². The highest BCUT2D eigenvalue weighted by Gasteiger charge is 2.34. The van der Waals surface area contributed by atoms with E-state index in [-0.39, 0.29) is 6.04 Å². The molecule has 0 saturated heterocycles. The minimum Gasteiger partial charge on any atom is -0.323 e. The van der Waals surface area contributed by atoms with Gasteiger partial charge < -0.3 is 5.73 Å². The van der Waals surface area contributed by atoms with Gasteiger partial charge in [0.25, 0.3) is 0 Å². The monoisotopic (exact) mass is 266 g/mol. The molecule has 1 atom stereocenters. The molecule has 98 valence electrons. The van der Waals surface area contributed by atoms with Crippen molar-refractivity contribution < 1.29 is 13.2 Å². The van der Waals surface area contributed by atoms with E-state index in [0.29, 0.717) is 16.2 Å². The average molecular weight is 266 g/mol. The Labute approximate surface area is 103 Å². The Morgan fingerprint density at radius 3 is 2.59 bits per heavy atom. The third kappa shape index (κ3) is 4.63. The quantitative estimate of drug-likeness (QED) is 0.786. The summed E-state index contributed by atoms with van der Waals surface area (Å²) in [6.07, 6.45) is 1.92. The summed E-state index contributed by atoms with van der Waals surface area (Å²) in [5.41, 5.74) is 5.84. The molecule has 0 amide bonds. The number of unbranched alkanes of at least 4 members (excludes halogenated alkanes) is 3. The van der Waals surface area contributed by atoms with Crippen LogP contribution in [0.5, 0.6) is 0 Å². The lowest BCUT2D eigenvalue weighted by Crippen LogP contribution is -2.08. The minimum absolute atomic E-state index is 0.319. The maximum atomic E-state index is 12.3. The molecule has 0 aliphatic carbocycles. The number of hydrogen-bond donors (Lipinski definition) is 1. The number of thiazole rings is 1. The molecule has 6 heteroatoms. The SMILES string of the molecule is CCCCCCC(N)c1cnc(C(F)(F)F)s1. The smallest absolute Gasteiger partial charge is 0.323 e. The maximum Gasteiger partial charge on any atom is 0.443 e. The van der Waals surface area contributed by atoms with Crippen LogP contribution < -0.4 is 5.73 Å². The minimum atomic E-state index is -4.36. The molecule has 2 nitrogen and oxygen atoms in total. The van der Waals surface area contributed by atoms with Crippen molar-refractivity contribution in [1.29, 1.82) is 0 Å². The third-order valence-electron chi connectivity index (χ3n) is 2.50. The van der Waals surface area contributed by atoms with Crippen molar-refractivity contribution in [1.82, 2.24) is 4.98 Å². The molecular formula is C11H17F3N2S. The topological polar surface area (TPSA) is 38.9 Å². The zero-order valence-corrected chi connectivity index (χ0v) is 10.6. The molecule has 1 aromatic heterocycles. The molecule has 1 rings (SSSR count). The lowest BCUT2D eigenvalue weighted by atomic mass is 10.1. The Balaban J connectivity index is 2.47. The molecule has 17 heavy (non-hydrogen) atoms. The Morgan fingerprint density at radius 1 is 1.35 bits per heavy atom. The van der Waals surface area contributed by atoms with Crippen molar-refractivity contribution in [3.05, 3.63) is 16.1 Å². The predicted octanol–water partition coefficient (Wildman–Crippen LogP) is 4.13. The lowest BCUT2D eigenvalue weighted by Gasteiger charge is -2.08. The van der Waals surface area contributed by atoms with Crippen LogP contribution in [0.25, 0.3) is 0 Å². The molecule has 1 heterocycles. The molecule has 0 aromatic carbocycles. The van der Waals surface area contributed by atoms with Crippen molar-refractivity contribution in [3.63, 3.8) is 0 Å². The van der Waals surface area contributed by atoms with Gasteiger partial charge in [0.1, 0.15) is 0 Å². The fraction of sp³-hybridized carbons (Fsp3) is 0.727. The summed E-state index contributed by atoms with van der Waals surface area (Å²) < 4.78 is 37.0. The zero-order chi connectivity index (χ0) is 12.9. The first-order chi connectivity index (χ1) is 7.95. The van der Waals surface area contributed by atoms with Gasteiger partial charge in [-0.1, -0.05) is 32.6 Å². The van der Waals surface area contributed by atoms with E-state index in [1.807, 2.05) is 0 Å². The summed E-state index contributed by atoms with van der Waals surface area (Å²) in [5.74, 6) is 0. The van der Waals surface area contributed by atoms with E-state index in [2.05, 4.69) is 11.9 Å². The van der Waals surface area contributed by atoms with Gasteiger partial charge in [-0.2, -0.15) is 13.2 Å². The Hall–Kier alpha value is -0.620. The summed E-state index contributed by atoms with van der Waals surface area (Å²) in [6, 6.07) is -0.319. The number of hydrogen-bond acceptors (Lipinski definition) is 3. The van der Waals surface area contributed by atoms with Crippen molar-refractivity contribution in [2.45, 2.75) is 51.2 Å². The predicted molar refractivity (Wildman–Crippen MR) is 62.8 cm³/mol. The van der Waals surface area contributed by atoms with Crippen LogP contribution in [0.4, 0.5) is 13.2 Å². The molecule has 0 bridgehead atoms. The van der Waals surface area contributed by atoms with E-state index in [1.165, 1.54) is 6.20 Å². The highest BCUT2D eigenvalue weighted by Crippen LogP contribution is 2.34. The summed E-state index contributed by atoms with van der Waals surface area (Å²) in [4.78, 5) is 3.89. The van der Waals surface area contributed by atoms with Gasteiger partial charge in [0.15, 0.2) is 5.01 Å². The van der Waals surface area contributed by atoms with Gasteiger partial charge in [-0.05, 0) is 6.42 Å². The van der Waals surface area contributed by atoms with Gasteiger partial charge in [-0.3, -0.25) is 0 Å². The first-order valence-electron chi connectivity index (χ1n) is 5.73. The van der Waals surface area contributed by atoms with Crippen molar-refractivity contribution >= 4 is 11.3 Å². The van der Waals surface area contributed by atoms with Gasteiger partial charge in [0.05, 0.1) is 0 Å². The van der Waals surface area contributed by atoms with Crippen LogP contribution in [0.15, 0.2) is 6.20 Å². The second kappa shape index (κ2) is 6.35. The van der Waals surface area contributed by atoms with Crippen LogP contribution in [-0.2, 0) is 6.18 Å². The molecule has 1 unspecified atom stereocenters. The summed E-state index contributed by atoms with van der Waals surface area (Å²) in [7, 11) is 0. The first-order valence-corrected chi connectivity index (χ1v) is 6.55. The van der Waals surface area contributed by atoms with Crippen LogP contribution >= 0.6 is 11.3 Å². The van der Waals surface area contributed by atoms with E-state index in [4.69, 9.17) is 5.73 Å². The fourth-order valence-electron chi connectivity index (χ4n) is 1.52. The standard InChI is InChI=1S/C11H17F3N2S/c1-2-3-4-5-6-8(15)9-7-16-10(17-9)11(12,13)14/h7-8H,2-6,15H2,1H3. The van der Waals surface area contributed by atoms with Gasteiger partial charge in [-0.15, -0.1) is 11.3 Å². The van der Waals surface area contributed by atoms with E-state index in [1.54, 1.807) is 0 Å². The van der Waals surface area contributed by atoms with Crippen molar-refractivity contribution in [2.75, 3.05) is 0 Å². The Kier molecular flexibility index (Phi) is 5.39. The van der Waals surface area contributed by atoms with Gasteiger partial charge in [0, 0.05) is 17.1 Å². The summed E-state index contributed by atoms with van der Waals surface area (Å²) >= 11 is 0.651. The van der Waals surface area contributed by atoms with Crippen molar-refractivity contribution in [3.8, 4) is 0 Å². The largest absolute Gasteiger partial charge is 0.443 e. The van der Waals surface area contributed by atoms with Gasteiger partial charge in [0.2, 0.25) is 0 Å². The van der Waals surface area contributed by atoms with Crippen LogP contribution in [-0.4, -0.2) is 4.98 Å². The fourth-order valence-corrected chi connectivity index (χ4v) is 2.34. The third-order valence-corrected chi connectivity index (χ3v) is 3.67. The average Bonchev–Trinajstić information content (AvgIpc) is 2.72. The lowest BCUT2D eigenvalue weighted by molar-refractivity contribution is -0.137. The normalized spacial score (nSPS) is 13.9. The molecular weight excluding hydrogens is 249 g/mol. The Morgan fingerprint density at radius 2 is 2.06 bits per heavy atom. The summed E-state index contributed by atoms with van der Waals surface area (Å²) in [6.45, 7) is 2.11. The molecule has 2 N–H and O–H groups in total. The number of rotatable bonds is 6. The highest BCUT2D eigenvalue weighted by molar-refractivity contribution is 7.11. The maximum absolute atomic E-state index is 12.3. The highest BCUT2D eigenvalue weighted by atomic mass is 32.1. The number of halogens is 3. The second-order valence-electron chi connectivity index (χ2n) is 4.02. The van der Waals surface area contributed by atoms with Crippen LogP contribution in [0.3, 0.4) is 0 Å². The van der Waals surface area contributed by atoms with E-state index >= 15 is 0 Å². The molecule has 0 fully saturated rings. The number of nitrogens with two attached hydrogens (primary N) is 1. The van der Waals surface area contributed by atoms with E-state index in [0.717, 1.165) is 32.1 Å². The molecule has 0 saturated carbocycles. The second-order valence-corrected chi connectivity index (χ2v) is 5.08. The van der Waals surface area contributed by atoms with Gasteiger partial charge >= 0.3 is 6.18 Å². The molecule has 0 spiro atoms. The number of aromatic nitrogens is 1. The summed E-state index contributed by atoms with van der Waals surface area (Å²) in [5, 5.41) is -0.809. The zero-order valence-electron chi connectivity index (χ0n) is 9.76. The molecule has 0 aliphatic rings. The Bertz CT molecular complexity index is 336. The molecule has 0 radical (unpaired) electrons. The van der Waals surface area contributed by atoms with E-state index in [9.17, 15) is 13.2 Å². The van der Waals surface area contributed by atoms with Gasteiger partial charge in [-0.25, -0.2) is 4.98 Å². The van der Waals surface area contributed by atoms with Crippen molar-refractivity contribution in [2.24, 2.45) is 5.73 Å². The van der Waals surface area contributed by atoms with Crippen LogP contribution in [0, 0.1) is 0 Å².